The Morgan fingerprint density at radius 1 is 0.868 bits per heavy atom. The molecule has 0 aliphatic heterocycles. The van der Waals surface area contributed by atoms with E-state index in [1.807, 2.05) is 0 Å². The molecule has 0 bridgehead atoms. The monoisotopic (exact) mass is 591 g/mol. The lowest BCUT2D eigenvalue weighted by atomic mass is 9.85. The van der Waals surface area contributed by atoms with Gasteiger partial charge in [-0.3, -0.25) is 0 Å². The molecule has 0 fully saturated rings. The smallest absolute Gasteiger partial charge is 0.343 e. The fourth-order valence-electron chi connectivity index (χ4n) is 3.93. The maximum Gasteiger partial charge on any atom is 0.402 e. The summed E-state index contributed by atoms with van der Waals surface area (Å²) in [6, 6.07) is 4.57. The predicted octanol–water partition coefficient (Wildman–Crippen LogP) is 5.23. The van der Waals surface area contributed by atoms with Crippen LogP contribution in [0.4, 0.5) is 26.3 Å². The highest BCUT2D eigenvalue weighted by Crippen LogP contribution is 2.42. The molecule has 2 aromatic rings. The van der Waals surface area contributed by atoms with Crippen LogP contribution in [0.15, 0.2) is 34.1 Å². The van der Waals surface area contributed by atoms with Crippen molar-refractivity contribution in [2.45, 2.75) is 88.1 Å². The molecule has 0 spiro atoms. The molecule has 0 radical (unpaired) electrons. The minimum Gasteiger partial charge on any atom is -0.343 e. The minimum atomic E-state index is -5.68. The van der Waals surface area contributed by atoms with Crippen molar-refractivity contribution in [1.82, 2.24) is 9.29 Å². The fraction of sp³-hybridized carbons (Fsp3) is 0.565. The second kappa shape index (κ2) is 9.82. The SMILES string of the molecule is Cc1c(S(N)(=O)=O)cc(-c2ccc(S(=O)(=O)NC(C)(C)C)c(C(C)(C)C)c2)n1CC(C(F)(F)F)C(F)(F)F. The third kappa shape index (κ3) is 7.30. The molecule has 0 aliphatic rings. The highest BCUT2D eigenvalue weighted by Gasteiger charge is 2.57. The van der Waals surface area contributed by atoms with Gasteiger partial charge in [-0.2, -0.15) is 26.3 Å². The summed E-state index contributed by atoms with van der Waals surface area (Å²) in [6.07, 6.45) is -11.4. The summed E-state index contributed by atoms with van der Waals surface area (Å²) < 4.78 is 134. The van der Waals surface area contributed by atoms with Crippen LogP contribution in [-0.4, -0.2) is 39.3 Å². The molecule has 1 aromatic heterocycles. The van der Waals surface area contributed by atoms with Crippen LogP contribution < -0.4 is 9.86 Å². The van der Waals surface area contributed by atoms with Gasteiger partial charge in [-0.1, -0.05) is 26.8 Å². The topological polar surface area (TPSA) is 111 Å². The van der Waals surface area contributed by atoms with Gasteiger partial charge < -0.3 is 4.57 Å². The summed E-state index contributed by atoms with van der Waals surface area (Å²) in [5, 5.41) is 5.19. The van der Waals surface area contributed by atoms with Crippen LogP contribution in [0.25, 0.3) is 11.3 Å². The number of hydrogen-bond donors (Lipinski definition) is 2. The van der Waals surface area contributed by atoms with Crippen molar-refractivity contribution in [2.75, 3.05) is 0 Å². The third-order valence-corrected chi connectivity index (χ3v) is 8.44. The lowest BCUT2D eigenvalue weighted by molar-refractivity contribution is -0.287. The second-order valence-corrected chi connectivity index (χ2v) is 14.3. The van der Waals surface area contributed by atoms with Crippen molar-refractivity contribution in [3.63, 3.8) is 0 Å². The molecular formula is C23H31F6N3O4S2. The standard InChI is InChI=1S/C23H31F6N3O4S2/c1-13-18(37(30,33)34)11-16(32(13)12-19(22(24,25)26)23(27,28)29)14-8-9-17(15(10-14)20(2,3)4)38(35,36)31-21(5,6)7/h8-11,19,31H,12H2,1-7H3,(H2,30,33,34). The number of alkyl halides is 6. The van der Waals surface area contributed by atoms with E-state index in [0.717, 1.165) is 13.0 Å². The van der Waals surface area contributed by atoms with Crippen molar-refractivity contribution in [2.24, 2.45) is 11.1 Å². The summed E-state index contributed by atoms with van der Waals surface area (Å²) >= 11 is 0. The number of nitrogens with one attached hydrogen (secondary N) is 1. The summed E-state index contributed by atoms with van der Waals surface area (Å²) in [6.45, 7) is 9.26. The number of rotatable bonds is 6. The number of hydrogen-bond acceptors (Lipinski definition) is 4. The van der Waals surface area contributed by atoms with Gasteiger partial charge in [0.05, 0.1) is 4.90 Å². The van der Waals surface area contributed by atoms with E-state index in [9.17, 15) is 43.2 Å². The predicted molar refractivity (Wildman–Crippen MR) is 130 cm³/mol. The summed E-state index contributed by atoms with van der Waals surface area (Å²) in [5.41, 5.74) is -2.23. The van der Waals surface area contributed by atoms with E-state index < -0.39 is 66.4 Å². The van der Waals surface area contributed by atoms with Gasteiger partial charge in [-0.25, -0.2) is 26.7 Å². The lowest BCUT2D eigenvalue weighted by Crippen LogP contribution is -2.41. The number of sulfonamides is 2. The molecule has 216 valence electrons. The highest BCUT2D eigenvalue weighted by atomic mass is 32.2. The van der Waals surface area contributed by atoms with E-state index in [1.54, 1.807) is 41.5 Å². The molecule has 38 heavy (non-hydrogen) atoms. The van der Waals surface area contributed by atoms with E-state index in [-0.39, 0.29) is 21.7 Å². The lowest BCUT2D eigenvalue weighted by Gasteiger charge is -2.27. The van der Waals surface area contributed by atoms with Crippen LogP contribution >= 0.6 is 0 Å². The number of aromatic nitrogens is 1. The molecule has 0 saturated heterocycles. The molecule has 3 N–H and O–H groups in total. The normalized spacial score (nSPS) is 14.4. The maximum atomic E-state index is 13.4. The number of nitrogens with two attached hydrogens (primary N) is 1. The molecule has 1 heterocycles. The molecule has 0 atom stereocenters. The van der Waals surface area contributed by atoms with Gasteiger partial charge >= 0.3 is 12.4 Å². The van der Waals surface area contributed by atoms with Crippen LogP contribution in [0.3, 0.4) is 0 Å². The van der Waals surface area contributed by atoms with E-state index in [2.05, 4.69) is 4.72 Å². The Morgan fingerprint density at radius 2 is 1.37 bits per heavy atom. The van der Waals surface area contributed by atoms with E-state index in [4.69, 9.17) is 5.14 Å². The molecule has 0 saturated carbocycles. The molecule has 0 aliphatic carbocycles. The van der Waals surface area contributed by atoms with E-state index in [0.29, 0.717) is 4.57 Å². The van der Waals surface area contributed by atoms with E-state index in [1.165, 1.54) is 18.2 Å². The van der Waals surface area contributed by atoms with Crippen molar-refractivity contribution < 1.29 is 43.2 Å². The first-order chi connectivity index (χ1) is 16.7. The molecule has 7 nitrogen and oxygen atoms in total. The van der Waals surface area contributed by atoms with Gasteiger partial charge in [0.15, 0.2) is 5.92 Å². The third-order valence-electron chi connectivity index (χ3n) is 5.60. The first kappa shape index (κ1) is 32.1. The van der Waals surface area contributed by atoms with Gasteiger partial charge in [0.25, 0.3) is 0 Å². The van der Waals surface area contributed by atoms with Crippen LogP contribution in [0.1, 0.15) is 52.8 Å². The minimum absolute atomic E-state index is 0.00531. The number of halogens is 6. The number of nitrogens with zero attached hydrogens (tertiary/aromatic N) is 1. The first-order valence-corrected chi connectivity index (χ1v) is 14.2. The quantitative estimate of drug-likeness (QED) is 0.449. The molecule has 2 rings (SSSR count). The zero-order chi connectivity index (χ0) is 29.9. The Balaban J connectivity index is 2.90. The van der Waals surface area contributed by atoms with Crippen LogP contribution in [0, 0.1) is 12.8 Å². The molecule has 0 unspecified atom stereocenters. The summed E-state index contributed by atoms with van der Waals surface area (Å²) in [5.74, 6) is -3.80. The van der Waals surface area contributed by atoms with Crippen LogP contribution in [0.5, 0.6) is 0 Å². The molecule has 1 aromatic carbocycles. The Bertz CT molecular complexity index is 1400. The molecule has 15 heteroatoms. The summed E-state index contributed by atoms with van der Waals surface area (Å²) in [4.78, 5) is -0.798. The Labute approximate surface area is 218 Å². The fourth-order valence-corrected chi connectivity index (χ4v) is 6.54. The Kier molecular flexibility index (Phi) is 8.30. The van der Waals surface area contributed by atoms with Crippen molar-refractivity contribution in [3.05, 3.63) is 35.5 Å². The average Bonchev–Trinajstić information content (AvgIpc) is 2.97. The van der Waals surface area contributed by atoms with Crippen LogP contribution in [0.2, 0.25) is 0 Å². The van der Waals surface area contributed by atoms with E-state index >= 15 is 0 Å². The van der Waals surface area contributed by atoms with Crippen molar-refractivity contribution in [3.8, 4) is 11.3 Å². The number of primary sulfonamides is 1. The number of benzene rings is 1. The summed E-state index contributed by atoms with van der Waals surface area (Å²) in [7, 11) is -8.62. The Morgan fingerprint density at radius 3 is 1.76 bits per heavy atom. The van der Waals surface area contributed by atoms with Crippen molar-refractivity contribution >= 4 is 20.0 Å². The zero-order valence-corrected chi connectivity index (χ0v) is 23.5. The van der Waals surface area contributed by atoms with Gasteiger partial charge in [0.1, 0.15) is 4.90 Å². The zero-order valence-electron chi connectivity index (χ0n) is 21.8. The van der Waals surface area contributed by atoms with Gasteiger partial charge in [-0.05, 0) is 62.4 Å². The Hall–Kier alpha value is -2.10. The van der Waals surface area contributed by atoms with Gasteiger partial charge in [0.2, 0.25) is 20.0 Å². The van der Waals surface area contributed by atoms with Crippen molar-refractivity contribution in [1.29, 1.82) is 0 Å². The largest absolute Gasteiger partial charge is 0.402 e. The second-order valence-electron chi connectivity index (χ2n) is 11.1. The maximum absolute atomic E-state index is 13.4. The average molecular weight is 592 g/mol. The van der Waals surface area contributed by atoms with Gasteiger partial charge in [0, 0.05) is 23.5 Å². The first-order valence-electron chi connectivity index (χ1n) is 11.2. The van der Waals surface area contributed by atoms with Gasteiger partial charge in [-0.15, -0.1) is 0 Å². The highest BCUT2D eigenvalue weighted by molar-refractivity contribution is 7.89. The molecular weight excluding hydrogens is 560 g/mol. The molecule has 0 amide bonds. The van der Waals surface area contributed by atoms with Crippen LogP contribution in [-0.2, 0) is 32.0 Å².